The number of unbranched alkanes of at least 4 members (excludes halogenated alkanes) is 23. The van der Waals surface area contributed by atoms with Crippen LogP contribution < -0.4 is 5.32 Å². The fourth-order valence-corrected chi connectivity index (χ4v) is 6.45. The first-order valence-electron chi connectivity index (χ1n) is 19.7. The van der Waals surface area contributed by atoms with Crippen LogP contribution in [0.4, 0.5) is 0 Å². The van der Waals surface area contributed by atoms with Crippen molar-refractivity contribution in [1.82, 2.24) is 5.32 Å². The molecule has 1 amide bonds. The summed E-state index contributed by atoms with van der Waals surface area (Å²) in [6.45, 7) is 4.15. The fourth-order valence-electron chi connectivity index (χ4n) is 6.45. The van der Waals surface area contributed by atoms with Gasteiger partial charge in [0, 0.05) is 6.42 Å². The van der Waals surface area contributed by atoms with Gasteiger partial charge in [-0.1, -0.05) is 168 Å². The maximum absolute atomic E-state index is 12.8. The minimum absolute atomic E-state index is 0.0180. The molecule has 0 bridgehead atoms. The standard InChI is InChI=1S/C38H75NO7/c1-3-5-7-9-11-13-15-17-19-21-23-25-27-29-34(41)39-32(28-26-24-22-20-18-16-14-12-10-8-6-4-2)31-45-38-37(44)36(43)35(42)33(30-40)46-38/h32-33,35-38,40,42-44H,3-31H2,1-2H3,(H,39,41)/t32-,33+,35-,36-,37+,38+/m0/s1. The Morgan fingerprint density at radius 3 is 1.46 bits per heavy atom. The number of aliphatic hydroxyl groups is 4. The number of hydrogen-bond donors (Lipinski definition) is 5. The smallest absolute Gasteiger partial charge is 0.220 e. The van der Waals surface area contributed by atoms with Crippen molar-refractivity contribution in [2.45, 2.75) is 224 Å². The number of hydrogen-bond acceptors (Lipinski definition) is 7. The fraction of sp³-hybridized carbons (Fsp3) is 0.974. The number of nitrogens with one attached hydrogen (secondary N) is 1. The lowest BCUT2D eigenvalue weighted by molar-refractivity contribution is -0.302. The van der Waals surface area contributed by atoms with Crippen molar-refractivity contribution in [3.05, 3.63) is 0 Å². The van der Waals surface area contributed by atoms with E-state index in [9.17, 15) is 25.2 Å². The van der Waals surface area contributed by atoms with Gasteiger partial charge in [0.05, 0.1) is 19.3 Å². The zero-order valence-electron chi connectivity index (χ0n) is 30.0. The second kappa shape index (κ2) is 30.3. The van der Waals surface area contributed by atoms with Crippen molar-refractivity contribution in [2.75, 3.05) is 13.2 Å². The summed E-state index contributed by atoms with van der Waals surface area (Å²) < 4.78 is 11.3. The van der Waals surface area contributed by atoms with Gasteiger partial charge in [0.2, 0.25) is 5.91 Å². The molecular weight excluding hydrogens is 582 g/mol. The lowest BCUT2D eigenvalue weighted by atomic mass is 9.99. The topological polar surface area (TPSA) is 128 Å². The summed E-state index contributed by atoms with van der Waals surface area (Å²) >= 11 is 0. The highest BCUT2D eigenvalue weighted by atomic mass is 16.7. The Balaban J connectivity index is 2.32. The van der Waals surface area contributed by atoms with E-state index in [4.69, 9.17) is 9.47 Å². The third kappa shape index (κ3) is 22.0. The Morgan fingerprint density at radius 2 is 1.02 bits per heavy atom. The van der Waals surface area contributed by atoms with Gasteiger partial charge in [-0.25, -0.2) is 0 Å². The highest BCUT2D eigenvalue weighted by Gasteiger charge is 2.44. The lowest BCUT2D eigenvalue weighted by Crippen LogP contribution is -2.59. The first-order valence-corrected chi connectivity index (χ1v) is 19.7. The Labute approximate surface area is 282 Å². The first kappa shape index (κ1) is 43.3. The number of carbonyl (C=O) groups is 1. The molecule has 1 aliphatic rings. The molecule has 1 saturated heterocycles. The Morgan fingerprint density at radius 1 is 0.609 bits per heavy atom. The van der Waals surface area contributed by atoms with Crippen molar-refractivity contribution < 1.29 is 34.7 Å². The van der Waals surface area contributed by atoms with Crippen LogP contribution in [0.2, 0.25) is 0 Å². The van der Waals surface area contributed by atoms with E-state index in [0.717, 1.165) is 32.1 Å². The predicted molar refractivity (Wildman–Crippen MR) is 188 cm³/mol. The van der Waals surface area contributed by atoms with Crippen molar-refractivity contribution >= 4 is 5.91 Å². The molecule has 1 heterocycles. The van der Waals surface area contributed by atoms with Gasteiger partial charge in [0.25, 0.3) is 0 Å². The molecule has 8 heteroatoms. The van der Waals surface area contributed by atoms with E-state index in [0.29, 0.717) is 6.42 Å². The largest absolute Gasteiger partial charge is 0.394 e. The Bertz CT molecular complexity index is 679. The average Bonchev–Trinajstić information content (AvgIpc) is 3.05. The van der Waals surface area contributed by atoms with E-state index >= 15 is 0 Å². The summed E-state index contributed by atoms with van der Waals surface area (Å²) in [7, 11) is 0. The summed E-state index contributed by atoms with van der Waals surface area (Å²) in [5.74, 6) is 0.0180. The van der Waals surface area contributed by atoms with E-state index in [1.807, 2.05) is 0 Å². The number of rotatable bonds is 32. The van der Waals surface area contributed by atoms with E-state index in [-0.39, 0.29) is 18.6 Å². The normalized spacial score (nSPS) is 22.3. The van der Waals surface area contributed by atoms with Crippen LogP contribution in [0, 0.1) is 0 Å². The van der Waals surface area contributed by atoms with Crippen LogP contribution in [-0.4, -0.2) is 76.3 Å². The molecule has 0 aromatic rings. The summed E-state index contributed by atoms with van der Waals surface area (Å²) in [6.07, 6.45) is 26.4. The maximum atomic E-state index is 12.8. The van der Waals surface area contributed by atoms with Crippen molar-refractivity contribution in [3.8, 4) is 0 Å². The van der Waals surface area contributed by atoms with Crippen molar-refractivity contribution in [2.24, 2.45) is 0 Å². The van der Waals surface area contributed by atoms with Gasteiger partial charge in [-0.2, -0.15) is 0 Å². The molecule has 0 aromatic carbocycles. The summed E-state index contributed by atoms with van der Waals surface area (Å²) in [4.78, 5) is 12.8. The Kier molecular flexibility index (Phi) is 28.5. The molecule has 1 aliphatic heterocycles. The van der Waals surface area contributed by atoms with Crippen LogP contribution >= 0.6 is 0 Å². The zero-order chi connectivity index (χ0) is 33.7. The lowest BCUT2D eigenvalue weighted by Gasteiger charge is -2.40. The SMILES string of the molecule is CCCCCCCCCCCCCCCC(=O)N[C@@H](CCCCCCCCCCCCCC)CO[C@@H]1O[C@H](CO)[C@H](O)[C@H](O)[C@H]1O. The Hall–Kier alpha value is -0.770. The number of carbonyl (C=O) groups excluding carboxylic acids is 1. The molecule has 1 fully saturated rings. The number of amides is 1. The molecule has 1 rings (SSSR count). The highest BCUT2D eigenvalue weighted by Crippen LogP contribution is 2.23. The molecule has 0 spiro atoms. The van der Waals surface area contributed by atoms with Crippen molar-refractivity contribution in [1.29, 1.82) is 0 Å². The van der Waals surface area contributed by atoms with Crippen LogP contribution in [0.25, 0.3) is 0 Å². The van der Waals surface area contributed by atoms with E-state index in [1.165, 1.54) is 135 Å². The third-order valence-electron chi connectivity index (χ3n) is 9.59. The summed E-state index contributed by atoms with van der Waals surface area (Å²) in [5.41, 5.74) is 0. The average molecular weight is 658 g/mol. The van der Waals surface area contributed by atoms with E-state index in [2.05, 4.69) is 19.2 Å². The molecule has 46 heavy (non-hydrogen) atoms. The van der Waals surface area contributed by atoms with Crippen LogP contribution in [0.1, 0.15) is 187 Å². The molecule has 0 saturated carbocycles. The number of aliphatic hydroxyl groups excluding tert-OH is 4. The van der Waals surface area contributed by atoms with Gasteiger partial charge in [0.15, 0.2) is 6.29 Å². The second-order valence-electron chi connectivity index (χ2n) is 14.0. The molecule has 6 atom stereocenters. The molecule has 5 N–H and O–H groups in total. The molecule has 0 aromatic heterocycles. The van der Waals surface area contributed by atoms with E-state index < -0.39 is 37.3 Å². The monoisotopic (exact) mass is 658 g/mol. The van der Waals surface area contributed by atoms with Gasteiger partial charge in [-0.3, -0.25) is 4.79 Å². The van der Waals surface area contributed by atoms with Gasteiger partial charge in [-0.05, 0) is 12.8 Å². The van der Waals surface area contributed by atoms with Gasteiger partial charge in [-0.15, -0.1) is 0 Å². The summed E-state index contributed by atoms with van der Waals surface area (Å²) in [5, 5.41) is 43.2. The van der Waals surface area contributed by atoms with Gasteiger partial charge < -0.3 is 35.2 Å². The summed E-state index contributed by atoms with van der Waals surface area (Å²) in [6, 6.07) is -0.232. The first-order chi connectivity index (χ1) is 22.4. The molecule has 0 aliphatic carbocycles. The highest BCUT2D eigenvalue weighted by molar-refractivity contribution is 5.76. The van der Waals surface area contributed by atoms with Crippen LogP contribution in [0.5, 0.6) is 0 Å². The molecule has 274 valence electrons. The van der Waals surface area contributed by atoms with Gasteiger partial charge >= 0.3 is 0 Å². The third-order valence-corrected chi connectivity index (χ3v) is 9.59. The van der Waals surface area contributed by atoms with Crippen LogP contribution in [0.3, 0.4) is 0 Å². The molecule has 8 nitrogen and oxygen atoms in total. The molecule has 0 unspecified atom stereocenters. The van der Waals surface area contributed by atoms with E-state index in [1.54, 1.807) is 0 Å². The zero-order valence-corrected chi connectivity index (χ0v) is 30.0. The maximum Gasteiger partial charge on any atom is 0.220 e. The van der Waals surface area contributed by atoms with Crippen molar-refractivity contribution in [3.63, 3.8) is 0 Å². The molecular formula is C38H75NO7. The molecule has 0 radical (unpaired) electrons. The van der Waals surface area contributed by atoms with Gasteiger partial charge in [0.1, 0.15) is 24.4 Å². The van der Waals surface area contributed by atoms with Crippen LogP contribution in [-0.2, 0) is 14.3 Å². The number of ether oxygens (including phenoxy) is 2. The minimum Gasteiger partial charge on any atom is -0.394 e. The predicted octanol–water partition coefficient (Wildman–Crippen LogP) is 7.86. The quantitative estimate of drug-likeness (QED) is 0.0466. The minimum atomic E-state index is -1.48. The second-order valence-corrected chi connectivity index (χ2v) is 14.0. The van der Waals surface area contributed by atoms with Crippen LogP contribution in [0.15, 0.2) is 0 Å².